The number of thiazole rings is 1. The molecule has 2 fully saturated rings. The lowest BCUT2D eigenvalue weighted by atomic mass is 9.91. The third-order valence-electron chi connectivity index (χ3n) is 4.51. The van der Waals surface area contributed by atoms with Gasteiger partial charge in [0.2, 0.25) is 0 Å². The largest absolute Gasteiger partial charge is 0.364 e. The summed E-state index contributed by atoms with van der Waals surface area (Å²) in [5.41, 5.74) is 1.17. The topological polar surface area (TPSA) is 64.3 Å². The van der Waals surface area contributed by atoms with Crippen LogP contribution < -0.4 is 0 Å². The van der Waals surface area contributed by atoms with Crippen LogP contribution in [0, 0.1) is 19.8 Å². The second-order valence-electron chi connectivity index (χ2n) is 6.22. The van der Waals surface area contributed by atoms with Crippen LogP contribution in [0.25, 0.3) is 0 Å². The Hall–Kier alpha value is -1.31. The van der Waals surface area contributed by atoms with Crippen LogP contribution in [0.3, 0.4) is 0 Å². The minimum absolute atomic E-state index is 0.0299. The number of hydrogen-bond acceptors (Lipinski definition) is 7. The Morgan fingerprint density at radius 1 is 1.36 bits per heavy atom. The number of fused-ring (bicyclic) bond motifs is 1. The number of rotatable bonds is 3. The van der Waals surface area contributed by atoms with Crippen molar-refractivity contribution < 1.29 is 9.26 Å². The van der Waals surface area contributed by atoms with Crippen LogP contribution in [0.2, 0.25) is 0 Å². The van der Waals surface area contributed by atoms with Crippen molar-refractivity contribution in [3.63, 3.8) is 0 Å². The van der Waals surface area contributed by atoms with E-state index in [1.54, 1.807) is 11.3 Å². The molecule has 3 atom stereocenters. The quantitative estimate of drug-likeness (QED) is 0.866. The van der Waals surface area contributed by atoms with Crippen LogP contribution in [0.4, 0.5) is 0 Å². The fourth-order valence-electron chi connectivity index (χ4n) is 3.45. The normalized spacial score (nSPS) is 28.9. The highest BCUT2D eigenvalue weighted by Gasteiger charge is 2.41. The van der Waals surface area contributed by atoms with Gasteiger partial charge in [0.1, 0.15) is 6.10 Å². The van der Waals surface area contributed by atoms with E-state index in [1.807, 2.05) is 6.92 Å². The summed E-state index contributed by atoms with van der Waals surface area (Å²) >= 11 is 1.72. The number of ether oxygens (including phenoxy) is 1. The van der Waals surface area contributed by atoms with Crippen LogP contribution in [0.15, 0.2) is 9.90 Å². The molecule has 0 saturated carbocycles. The lowest BCUT2D eigenvalue weighted by Crippen LogP contribution is -2.41. The van der Waals surface area contributed by atoms with Gasteiger partial charge in [-0.05, 0) is 39.2 Å². The predicted octanol–water partition coefficient (Wildman–Crippen LogP) is 2.50. The third-order valence-corrected chi connectivity index (χ3v) is 5.33. The van der Waals surface area contributed by atoms with Crippen molar-refractivity contribution >= 4 is 11.3 Å². The second kappa shape index (κ2) is 5.72. The van der Waals surface area contributed by atoms with Crippen LogP contribution in [-0.4, -0.2) is 39.2 Å². The van der Waals surface area contributed by atoms with Gasteiger partial charge in [-0.25, -0.2) is 4.98 Å². The fraction of sp³-hybridized carbons (Fsp3) is 0.667. The van der Waals surface area contributed by atoms with Gasteiger partial charge in [0.15, 0.2) is 5.82 Å². The van der Waals surface area contributed by atoms with E-state index in [-0.39, 0.29) is 12.2 Å². The first kappa shape index (κ1) is 14.3. The molecule has 2 aromatic heterocycles. The van der Waals surface area contributed by atoms with Crippen LogP contribution in [-0.2, 0) is 11.3 Å². The van der Waals surface area contributed by atoms with Crippen molar-refractivity contribution in [2.75, 3.05) is 13.1 Å². The van der Waals surface area contributed by atoms with Gasteiger partial charge < -0.3 is 9.26 Å². The summed E-state index contributed by atoms with van der Waals surface area (Å²) in [5, 5.41) is 7.15. The van der Waals surface area contributed by atoms with E-state index in [1.165, 1.54) is 5.69 Å². The first-order chi connectivity index (χ1) is 10.7. The SMILES string of the molecule is Cc1noc([C@@H]2C[C@@H]3CCN(Cc4csc(C)n4)C[C@H]3O2)n1. The molecule has 0 N–H and O–H groups in total. The molecule has 118 valence electrons. The summed E-state index contributed by atoms with van der Waals surface area (Å²) in [7, 11) is 0. The van der Waals surface area contributed by atoms with E-state index < -0.39 is 0 Å². The average molecular weight is 320 g/mol. The number of piperidine rings is 1. The van der Waals surface area contributed by atoms with E-state index >= 15 is 0 Å². The van der Waals surface area contributed by atoms with E-state index in [4.69, 9.17) is 9.26 Å². The predicted molar refractivity (Wildman–Crippen MR) is 81.5 cm³/mol. The summed E-state index contributed by atoms with van der Waals surface area (Å²) in [6, 6.07) is 0. The van der Waals surface area contributed by atoms with Gasteiger partial charge in [0.05, 0.1) is 16.8 Å². The molecule has 0 aliphatic carbocycles. The van der Waals surface area contributed by atoms with Crippen molar-refractivity contribution in [2.24, 2.45) is 5.92 Å². The van der Waals surface area contributed by atoms with Crippen molar-refractivity contribution in [1.82, 2.24) is 20.0 Å². The molecule has 4 rings (SSSR count). The molecular formula is C15H20N4O2S. The maximum Gasteiger partial charge on any atom is 0.255 e. The fourth-order valence-corrected chi connectivity index (χ4v) is 4.05. The summed E-state index contributed by atoms with van der Waals surface area (Å²) in [4.78, 5) is 11.3. The molecule has 0 radical (unpaired) electrons. The average Bonchev–Trinajstić information content (AvgIpc) is 3.18. The summed E-state index contributed by atoms with van der Waals surface area (Å²) < 4.78 is 11.5. The molecule has 6 nitrogen and oxygen atoms in total. The van der Waals surface area contributed by atoms with E-state index in [2.05, 4.69) is 32.3 Å². The molecule has 0 unspecified atom stereocenters. The number of likely N-dealkylation sites (tertiary alicyclic amines) is 1. The molecule has 2 aromatic rings. The monoisotopic (exact) mass is 320 g/mol. The second-order valence-corrected chi connectivity index (χ2v) is 7.28. The van der Waals surface area contributed by atoms with Crippen LogP contribution in [0.5, 0.6) is 0 Å². The van der Waals surface area contributed by atoms with Gasteiger partial charge in [0.25, 0.3) is 5.89 Å². The molecule has 4 heterocycles. The molecule has 7 heteroatoms. The Labute approximate surface area is 133 Å². The maximum absolute atomic E-state index is 6.18. The van der Waals surface area contributed by atoms with Gasteiger partial charge in [-0.3, -0.25) is 4.90 Å². The molecule has 0 amide bonds. The molecule has 2 aliphatic rings. The summed E-state index contributed by atoms with van der Waals surface area (Å²) in [6.07, 6.45) is 2.40. The summed E-state index contributed by atoms with van der Waals surface area (Å²) in [5.74, 6) is 1.91. The first-order valence-corrected chi connectivity index (χ1v) is 8.64. The first-order valence-electron chi connectivity index (χ1n) is 7.76. The zero-order valence-electron chi connectivity index (χ0n) is 12.9. The zero-order valence-corrected chi connectivity index (χ0v) is 13.7. The lowest BCUT2D eigenvalue weighted by molar-refractivity contribution is -0.0191. The molecule has 2 saturated heterocycles. The van der Waals surface area contributed by atoms with Crippen molar-refractivity contribution in [3.8, 4) is 0 Å². The lowest BCUT2D eigenvalue weighted by Gasteiger charge is -2.33. The van der Waals surface area contributed by atoms with Crippen LogP contribution in [0.1, 0.15) is 41.4 Å². The molecule has 0 spiro atoms. The summed E-state index contributed by atoms with van der Waals surface area (Å²) in [6.45, 7) is 6.88. The molecule has 22 heavy (non-hydrogen) atoms. The van der Waals surface area contributed by atoms with Gasteiger partial charge in [-0.15, -0.1) is 11.3 Å². The number of nitrogens with zero attached hydrogens (tertiary/aromatic N) is 4. The van der Waals surface area contributed by atoms with Gasteiger partial charge in [0, 0.05) is 18.5 Å². The van der Waals surface area contributed by atoms with Gasteiger partial charge >= 0.3 is 0 Å². The van der Waals surface area contributed by atoms with Crippen LogP contribution >= 0.6 is 11.3 Å². The number of aryl methyl sites for hydroxylation is 2. The van der Waals surface area contributed by atoms with Crippen molar-refractivity contribution in [3.05, 3.63) is 27.8 Å². The number of aromatic nitrogens is 3. The minimum Gasteiger partial charge on any atom is -0.364 e. The van der Waals surface area contributed by atoms with Gasteiger partial charge in [-0.1, -0.05) is 5.16 Å². The highest BCUT2D eigenvalue weighted by Crippen LogP contribution is 2.40. The maximum atomic E-state index is 6.18. The third kappa shape index (κ3) is 2.80. The minimum atomic E-state index is -0.0299. The highest BCUT2D eigenvalue weighted by molar-refractivity contribution is 7.09. The van der Waals surface area contributed by atoms with E-state index in [0.29, 0.717) is 17.6 Å². The Kier molecular flexibility index (Phi) is 3.71. The Morgan fingerprint density at radius 3 is 3.00 bits per heavy atom. The van der Waals surface area contributed by atoms with E-state index in [0.717, 1.165) is 37.5 Å². The smallest absolute Gasteiger partial charge is 0.255 e. The molecular weight excluding hydrogens is 300 g/mol. The van der Waals surface area contributed by atoms with E-state index in [9.17, 15) is 0 Å². The van der Waals surface area contributed by atoms with Crippen molar-refractivity contribution in [2.45, 2.75) is 45.4 Å². The Morgan fingerprint density at radius 2 is 2.27 bits per heavy atom. The number of hydrogen-bond donors (Lipinski definition) is 0. The Balaban J connectivity index is 1.39. The van der Waals surface area contributed by atoms with Gasteiger partial charge in [-0.2, -0.15) is 4.98 Å². The molecule has 0 aromatic carbocycles. The standard InChI is InChI=1S/C15H20N4O2S/c1-9-16-15(21-18-9)13-5-11-3-4-19(7-14(11)20-13)6-12-8-22-10(2)17-12/h8,11,13-14H,3-7H2,1-2H3/t11-,13-,14+/m0/s1. The highest BCUT2D eigenvalue weighted by atomic mass is 32.1. The van der Waals surface area contributed by atoms with Crippen molar-refractivity contribution in [1.29, 1.82) is 0 Å². The Bertz CT molecular complexity index is 656. The molecule has 2 aliphatic heterocycles. The zero-order chi connectivity index (χ0) is 15.1. The molecule has 0 bridgehead atoms.